The van der Waals surface area contributed by atoms with E-state index in [9.17, 15) is 0 Å². The van der Waals surface area contributed by atoms with Crippen molar-refractivity contribution < 1.29 is 4.74 Å². The fourth-order valence-electron chi connectivity index (χ4n) is 4.90. The fraction of sp³-hybridized carbons (Fsp3) is 0.387. The number of H-pyrrole nitrogens is 1. The molecule has 5 nitrogen and oxygen atoms in total. The Morgan fingerprint density at radius 1 is 0.944 bits per heavy atom. The predicted octanol–water partition coefficient (Wildman–Crippen LogP) is 6.60. The van der Waals surface area contributed by atoms with Gasteiger partial charge in [0.15, 0.2) is 0 Å². The van der Waals surface area contributed by atoms with Crippen LogP contribution >= 0.6 is 0 Å². The molecule has 0 amide bonds. The summed E-state index contributed by atoms with van der Waals surface area (Å²) in [5.74, 6) is 0.931. The minimum atomic E-state index is 0.729. The van der Waals surface area contributed by atoms with Crippen molar-refractivity contribution in [2.24, 2.45) is 0 Å². The van der Waals surface area contributed by atoms with Crippen LogP contribution in [0.2, 0.25) is 0 Å². The van der Waals surface area contributed by atoms with Crippen molar-refractivity contribution in [2.45, 2.75) is 32.6 Å². The van der Waals surface area contributed by atoms with Gasteiger partial charge < -0.3 is 14.6 Å². The van der Waals surface area contributed by atoms with E-state index in [-0.39, 0.29) is 0 Å². The third-order valence-electron chi connectivity index (χ3n) is 7.22. The Labute approximate surface area is 214 Å². The lowest BCUT2D eigenvalue weighted by Crippen LogP contribution is -2.45. The number of hydrogen-bond acceptors (Lipinski definition) is 4. The molecule has 0 spiro atoms. The largest absolute Gasteiger partial charge is 0.492 e. The van der Waals surface area contributed by atoms with E-state index in [1.807, 2.05) is 6.20 Å². The summed E-state index contributed by atoms with van der Waals surface area (Å²) in [7, 11) is 2.19. The summed E-state index contributed by atoms with van der Waals surface area (Å²) in [6, 6.07) is 17.3. The molecule has 2 aromatic heterocycles. The third kappa shape index (κ3) is 5.97. The van der Waals surface area contributed by atoms with Gasteiger partial charge in [0.2, 0.25) is 0 Å². The van der Waals surface area contributed by atoms with Gasteiger partial charge in [-0.3, -0.25) is 4.90 Å². The van der Waals surface area contributed by atoms with Crippen LogP contribution in [0, 0.1) is 0 Å². The first-order valence-corrected chi connectivity index (χ1v) is 13.4. The van der Waals surface area contributed by atoms with E-state index in [4.69, 9.17) is 4.74 Å². The smallest absolute Gasteiger partial charge is 0.138 e. The summed E-state index contributed by atoms with van der Waals surface area (Å²) in [4.78, 5) is 13.0. The number of piperazine rings is 1. The molecule has 4 aromatic rings. The molecule has 5 heteroatoms. The first-order chi connectivity index (χ1) is 17.7. The number of pyridine rings is 1. The number of nitrogens with zero attached hydrogens (tertiary/aromatic N) is 3. The number of hydrogen-bond donors (Lipinski definition) is 1. The monoisotopic (exact) mass is 482 g/mol. The molecule has 0 bridgehead atoms. The van der Waals surface area contributed by atoms with E-state index in [0.717, 1.165) is 68.2 Å². The zero-order chi connectivity index (χ0) is 24.7. The number of likely N-dealkylation sites (N-methyl/N-ethyl adjacent to an activating group) is 1. The highest BCUT2D eigenvalue weighted by Gasteiger charge is 2.13. The van der Waals surface area contributed by atoms with Crippen LogP contribution in [0.4, 0.5) is 0 Å². The SMILES string of the molecule is CCCCCC=Cc1cnc2[nH]c3ccc(-c4ccc(OCCN5CCN(C)CC5)cc4)cc3c2c1. The first kappa shape index (κ1) is 24.5. The molecule has 1 N–H and O–H groups in total. The Balaban J connectivity index is 1.26. The number of rotatable bonds is 10. The average Bonchev–Trinajstić information content (AvgIpc) is 3.27. The maximum absolute atomic E-state index is 6.03. The lowest BCUT2D eigenvalue weighted by atomic mass is 10.0. The van der Waals surface area contributed by atoms with Crippen LogP contribution in [-0.2, 0) is 0 Å². The molecule has 0 aliphatic carbocycles. The second-order valence-corrected chi connectivity index (χ2v) is 9.97. The molecule has 3 heterocycles. The van der Waals surface area contributed by atoms with Gasteiger partial charge in [0.25, 0.3) is 0 Å². The van der Waals surface area contributed by atoms with E-state index >= 15 is 0 Å². The molecule has 0 unspecified atom stereocenters. The summed E-state index contributed by atoms with van der Waals surface area (Å²) in [5, 5.41) is 2.38. The van der Waals surface area contributed by atoms with Crippen molar-refractivity contribution in [3.63, 3.8) is 0 Å². The molecule has 2 aromatic carbocycles. The molecule has 1 aliphatic heterocycles. The van der Waals surface area contributed by atoms with E-state index in [2.05, 4.69) is 94.4 Å². The number of ether oxygens (including phenoxy) is 1. The van der Waals surface area contributed by atoms with Crippen molar-refractivity contribution in [3.8, 4) is 16.9 Å². The normalized spacial score (nSPS) is 15.4. The minimum absolute atomic E-state index is 0.729. The lowest BCUT2D eigenvalue weighted by Gasteiger charge is -2.32. The Hall–Kier alpha value is -3.15. The highest BCUT2D eigenvalue weighted by molar-refractivity contribution is 6.07. The number of aromatic nitrogens is 2. The zero-order valence-corrected chi connectivity index (χ0v) is 21.7. The molecule has 5 rings (SSSR count). The van der Waals surface area contributed by atoms with Crippen molar-refractivity contribution in [1.82, 2.24) is 19.8 Å². The number of benzene rings is 2. The number of fused-ring (bicyclic) bond motifs is 3. The number of aromatic amines is 1. The fourth-order valence-corrected chi connectivity index (χ4v) is 4.90. The van der Waals surface area contributed by atoms with Crippen molar-refractivity contribution in [2.75, 3.05) is 46.4 Å². The molecular weight excluding hydrogens is 444 g/mol. The third-order valence-corrected chi connectivity index (χ3v) is 7.22. The lowest BCUT2D eigenvalue weighted by molar-refractivity contribution is 0.134. The molecule has 1 aliphatic rings. The van der Waals surface area contributed by atoms with E-state index in [0.29, 0.717) is 0 Å². The van der Waals surface area contributed by atoms with Gasteiger partial charge in [0, 0.05) is 55.2 Å². The first-order valence-electron chi connectivity index (χ1n) is 13.4. The summed E-state index contributed by atoms with van der Waals surface area (Å²) in [6.45, 7) is 8.49. The molecule has 1 saturated heterocycles. The van der Waals surface area contributed by atoms with E-state index in [1.165, 1.54) is 41.2 Å². The topological polar surface area (TPSA) is 44.4 Å². The molecule has 0 radical (unpaired) electrons. The van der Waals surface area contributed by atoms with Crippen LogP contribution in [0.1, 0.15) is 38.2 Å². The van der Waals surface area contributed by atoms with Crippen LogP contribution in [-0.4, -0.2) is 66.1 Å². The van der Waals surface area contributed by atoms with Crippen molar-refractivity contribution >= 4 is 28.0 Å². The summed E-state index contributed by atoms with van der Waals surface area (Å²) >= 11 is 0. The zero-order valence-electron chi connectivity index (χ0n) is 21.7. The van der Waals surface area contributed by atoms with Crippen molar-refractivity contribution in [3.05, 3.63) is 66.4 Å². The Morgan fingerprint density at radius 2 is 1.75 bits per heavy atom. The average molecular weight is 483 g/mol. The Bertz CT molecular complexity index is 1300. The van der Waals surface area contributed by atoms with Gasteiger partial charge in [0.05, 0.1) is 0 Å². The maximum Gasteiger partial charge on any atom is 0.138 e. The summed E-state index contributed by atoms with van der Waals surface area (Å²) in [5.41, 5.74) is 5.61. The quantitative estimate of drug-likeness (QED) is 0.259. The van der Waals surface area contributed by atoms with Crippen LogP contribution in [0.5, 0.6) is 5.75 Å². The van der Waals surface area contributed by atoms with Crippen LogP contribution in [0.15, 0.2) is 60.8 Å². The second-order valence-electron chi connectivity index (χ2n) is 9.97. The van der Waals surface area contributed by atoms with Gasteiger partial charge in [-0.05, 0) is 66.9 Å². The van der Waals surface area contributed by atoms with E-state index < -0.39 is 0 Å². The van der Waals surface area contributed by atoms with Gasteiger partial charge in [-0.15, -0.1) is 0 Å². The molecule has 0 atom stereocenters. The Morgan fingerprint density at radius 3 is 2.56 bits per heavy atom. The van der Waals surface area contributed by atoms with Crippen molar-refractivity contribution in [1.29, 1.82) is 0 Å². The highest BCUT2D eigenvalue weighted by atomic mass is 16.5. The summed E-state index contributed by atoms with van der Waals surface area (Å²) < 4.78 is 6.03. The Kier molecular flexibility index (Phi) is 7.99. The molecular formula is C31H38N4O. The van der Waals surface area contributed by atoms with Gasteiger partial charge in [-0.1, -0.05) is 50.1 Å². The maximum atomic E-state index is 6.03. The van der Waals surface area contributed by atoms with Crippen LogP contribution in [0.25, 0.3) is 39.1 Å². The highest BCUT2D eigenvalue weighted by Crippen LogP contribution is 2.31. The van der Waals surface area contributed by atoms with E-state index in [1.54, 1.807) is 0 Å². The number of nitrogens with one attached hydrogen (secondary N) is 1. The molecule has 1 fully saturated rings. The summed E-state index contributed by atoms with van der Waals surface area (Å²) in [6.07, 6.45) is 11.3. The molecule has 0 saturated carbocycles. The molecule has 188 valence electrons. The van der Waals surface area contributed by atoms with Gasteiger partial charge in [-0.2, -0.15) is 0 Å². The van der Waals surface area contributed by atoms with Crippen LogP contribution in [0.3, 0.4) is 0 Å². The second kappa shape index (κ2) is 11.7. The van der Waals surface area contributed by atoms with Gasteiger partial charge >= 0.3 is 0 Å². The van der Waals surface area contributed by atoms with Gasteiger partial charge in [-0.25, -0.2) is 4.98 Å². The standard InChI is InChI=1S/C31H38N4O/c1-3-4-5-6-7-8-24-21-29-28-22-26(11-14-30(28)33-31(29)32-23-24)25-9-12-27(13-10-25)36-20-19-35-17-15-34(2)16-18-35/h7-14,21-23H,3-6,15-20H2,1-2H3,(H,32,33). The number of allylic oxidation sites excluding steroid dienone is 1. The van der Waals surface area contributed by atoms with Gasteiger partial charge in [0.1, 0.15) is 18.0 Å². The predicted molar refractivity (Wildman–Crippen MR) is 152 cm³/mol. The number of unbranched alkanes of at least 4 members (excludes halogenated alkanes) is 3. The van der Waals surface area contributed by atoms with Crippen LogP contribution < -0.4 is 4.74 Å². The minimum Gasteiger partial charge on any atom is -0.492 e. The molecule has 36 heavy (non-hydrogen) atoms.